The Morgan fingerprint density at radius 1 is 0.708 bits per heavy atom. The standard InChI is InChI=1S/C21H41NO2/c1-5-7-9-11-13-15-17-22(20(4)19(3)21(23)24)18-16-14-12-10-8-6-2/h5-18H2,1-4H3,(H,23,24)/b20-19+. The van der Waals surface area contributed by atoms with E-state index in [9.17, 15) is 9.90 Å². The van der Waals surface area contributed by atoms with Gasteiger partial charge in [-0.1, -0.05) is 78.1 Å². The van der Waals surface area contributed by atoms with Crippen molar-refractivity contribution in [3.63, 3.8) is 0 Å². The lowest BCUT2D eigenvalue weighted by Gasteiger charge is -2.26. The number of aliphatic carboxylic acids is 1. The zero-order valence-corrected chi connectivity index (χ0v) is 16.7. The van der Waals surface area contributed by atoms with E-state index in [4.69, 9.17) is 0 Å². The van der Waals surface area contributed by atoms with Gasteiger partial charge in [0, 0.05) is 18.8 Å². The van der Waals surface area contributed by atoms with Crippen LogP contribution in [-0.2, 0) is 4.79 Å². The van der Waals surface area contributed by atoms with Gasteiger partial charge < -0.3 is 10.0 Å². The third-order valence-corrected chi connectivity index (χ3v) is 4.90. The molecule has 0 atom stereocenters. The van der Waals surface area contributed by atoms with Gasteiger partial charge in [-0.15, -0.1) is 0 Å². The Morgan fingerprint density at radius 2 is 1.08 bits per heavy atom. The molecule has 0 fully saturated rings. The van der Waals surface area contributed by atoms with Crippen molar-refractivity contribution in [3.05, 3.63) is 11.3 Å². The third kappa shape index (κ3) is 11.5. The maximum Gasteiger partial charge on any atom is 0.333 e. The summed E-state index contributed by atoms with van der Waals surface area (Å²) in [5.74, 6) is -0.789. The average Bonchev–Trinajstić information content (AvgIpc) is 2.57. The molecule has 0 radical (unpaired) electrons. The summed E-state index contributed by atoms with van der Waals surface area (Å²) in [6.07, 6.45) is 15.4. The van der Waals surface area contributed by atoms with Crippen LogP contribution in [0.25, 0.3) is 0 Å². The molecular weight excluding hydrogens is 298 g/mol. The minimum atomic E-state index is -0.789. The first kappa shape index (κ1) is 23.0. The predicted octanol–water partition coefficient (Wildman–Crippen LogP) is 6.39. The van der Waals surface area contributed by atoms with Gasteiger partial charge in [-0.3, -0.25) is 0 Å². The summed E-state index contributed by atoms with van der Waals surface area (Å²) in [4.78, 5) is 13.6. The molecule has 0 amide bonds. The number of carbonyl (C=O) groups is 1. The largest absolute Gasteiger partial charge is 0.478 e. The van der Waals surface area contributed by atoms with E-state index >= 15 is 0 Å². The molecule has 0 heterocycles. The topological polar surface area (TPSA) is 40.5 Å². The summed E-state index contributed by atoms with van der Waals surface area (Å²) in [6, 6.07) is 0. The van der Waals surface area contributed by atoms with Gasteiger partial charge in [0.1, 0.15) is 0 Å². The van der Waals surface area contributed by atoms with E-state index in [1.807, 2.05) is 6.92 Å². The molecule has 0 spiro atoms. The van der Waals surface area contributed by atoms with Crippen LogP contribution in [0.4, 0.5) is 0 Å². The van der Waals surface area contributed by atoms with E-state index in [0.29, 0.717) is 5.57 Å². The molecule has 0 saturated carbocycles. The zero-order valence-electron chi connectivity index (χ0n) is 16.7. The molecule has 1 N–H and O–H groups in total. The number of unbranched alkanes of at least 4 members (excludes halogenated alkanes) is 10. The molecule has 0 bridgehead atoms. The number of allylic oxidation sites excluding steroid dienone is 1. The summed E-state index contributed by atoms with van der Waals surface area (Å²) >= 11 is 0. The van der Waals surface area contributed by atoms with Gasteiger partial charge >= 0.3 is 5.97 Å². The molecule has 0 aliphatic carbocycles. The molecule has 0 aromatic heterocycles. The predicted molar refractivity (Wildman–Crippen MR) is 104 cm³/mol. The second-order valence-corrected chi connectivity index (χ2v) is 7.04. The lowest BCUT2D eigenvalue weighted by Crippen LogP contribution is -2.26. The summed E-state index contributed by atoms with van der Waals surface area (Å²) in [7, 11) is 0. The van der Waals surface area contributed by atoms with Crippen LogP contribution >= 0.6 is 0 Å². The molecule has 0 rings (SSSR count). The van der Waals surface area contributed by atoms with Crippen molar-refractivity contribution in [2.75, 3.05) is 13.1 Å². The molecular formula is C21H41NO2. The molecule has 142 valence electrons. The molecule has 3 nitrogen and oxygen atoms in total. The fourth-order valence-corrected chi connectivity index (χ4v) is 3.01. The summed E-state index contributed by atoms with van der Waals surface area (Å²) < 4.78 is 0. The zero-order chi connectivity index (χ0) is 18.2. The van der Waals surface area contributed by atoms with E-state index in [0.717, 1.165) is 18.8 Å². The lowest BCUT2D eigenvalue weighted by atomic mass is 10.1. The van der Waals surface area contributed by atoms with Crippen molar-refractivity contribution < 1.29 is 9.90 Å². The van der Waals surface area contributed by atoms with E-state index < -0.39 is 5.97 Å². The summed E-state index contributed by atoms with van der Waals surface area (Å²) in [5.41, 5.74) is 1.44. The van der Waals surface area contributed by atoms with Crippen LogP contribution < -0.4 is 0 Å². The van der Waals surface area contributed by atoms with Crippen molar-refractivity contribution >= 4 is 5.97 Å². The van der Waals surface area contributed by atoms with Crippen LogP contribution in [0.1, 0.15) is 105 Å². The van der Waals surface area contributed by atoms with Crippen LogP contribution in [-0.4, -0.2) is 29.1 Å². The number of hydrogen-bond donors (Lipinski definition) is 1. The number of rotatable bonds is 16. The van der Waals surface area contributed by atoms with Crippen LogP contribution in [0.2, 0.25) is 0 Å². The molecule has 0 saturated heterocycles. The quantitative estimate of drug-likeness (QED) is 0.262. The average molecular weight is 340 g/mol. The molecule has 0 aliphatic heterocycles. The smallest absolute Gasteiger partial charge is 0.333 e. The summed E-state index contributed by atoms with van der Waals surface area (Å²) in [6.45, 7) is 10.2. The normalized spacial score (nSPS) is 12.2. The first-order chi connectivity index (χ1) is 11.5. The van der Waals surface area contributed by atoms with Gasteiger partial charge in [-0.2, -0.15) is 0 Å². The Kier molecular flexibility index (Phi) is 14.9. The fourth-order valence-electron chi connectivity index (χ4n) is 3.01. The maximum atomic E-state index is 11.3. The van der Waals surface area contributed by atoms with E-state index in [1.54, 1.807) is 6.92 Å². The Hall–Kier alpha value is -0.990. The first-order valence-electron chi connectivity index (χ1n) is 10.2. The second-order valence-electron chi connectivity index (χ2n) is 7.04. The fraction of sp³-hybridized carbons (Fsp3) is 0.857. The maximum absolute atomic E-state index is 11.3. The molecule has 3 heteroatoms. The van der Waals surface area contributed by atoms with Crippen molar-refractivity contribution in [1.29, 1.82) is 0 Å². The van der Waals surface area contributed by atoms with Gasteiger partial charge in [-0.05, 0) is 26.7 Å². The molecule has 24 heavy (non-hydrogen) atoms. The van der Waals surface area contributed by atoms with Crippen molar-refractivity contribution in [2.45, 2.75) is 105 Å². The minimum absolute atomic E-state index is 0.493. The van der Waals surface area contributed by atoms with Crippen molar-refractivity contribution in [3.8, 4) is 0 Å². The molecule has 0 aliphatic rings. The number of hydrogen-bond acceptors (Lipinski definition) is 2. The summed E-state index contributed by atoms with van der Waals surface area (Å²) in [5, 5.41) is 9.25. The number of carboxylic acids is 1. The van der Waals surface area contributed by atoms with Gasteiger partial charge in [0.25, 0.3) is 0 Å². The van der Waals surface area contributed by atoms with Gasteiger partial charge in [0.05, 0.1) is 5.57 Å². The Bertz CT molecular complexity index is 334. The van der Waals surface area contributed by atoms with E-state index in [2.05, 4.69) is 18.7 Å². The van der Waals surface area contributed by atoms with Crippen LogP contribution in [0.15, 0.2) is 11.3 Å². The van der Waals surface area contributed by atoms with Gasteiger partial charge in [-0.25, -0.2) is 4.79 Å². The molecule has 0 unspecified atom stereocenters. The van der Waals surface area contributed by atoms with Gasteiger partial charge in [0.15, 0.2) is 0 Å². The highest BCUT2D eigenvalue weighted by molar-refractivity contribution is 5.86. The highest BCUT2D eigenvalue weighted by atomic mass is 16.4. The molecule has 0 aromatic carbocycles. The van der Waals surface area contributed by atoms with E-state index in [-0.39, 0.29) is 0 Å². The van der Waals surface area contributed by atoms with Crippen LogP contribution in [0, 0.1) is 0 Å². The molecule has 0 aromatic rings. The number of nitrogens with zero attached hydrogens (tertiary/aromatic N) is 1. The lowest BCUT2D eigenvalue weighted by molar-refractivity contribution is -0.132. The number of carboxylic acid groups (broad SMARTS) is 1. The van der Waals surface area contributed by atoms with Crippen LogP contribution in [0.5, 0.6) is 0 Å². The monoisotopic (exact) mass is 339 g/mol. The van der Waals surface area contributed by atoms with Crippen LogP contribution in [0.3, 0.4) is 0 Å². The third-order valence-electron chi connectivity index (χ3n) is 4.90. The first-order valence-corrected chi connectivity index (χ1v) is 10.2. The minimum Gasteiger partial charge on any atom is -0.478 e. The van der Waals surface area contributed by atoms with E-state index in [1.165, 1.54) is 77.0 Å². The highest BCUT2D eigenvalue weighted by Gasteiger charge is 2.12. The second kappa shape index (κ2) is 15.5. The van der Waals surface area contributed by atoms with Gasteiger partial charge in [0.2, 0.25) is 0 Å². The Labute approximate surface area is 150 Å². The van der Waals surface area contributed by atoms with Crippen molar-refractivity contribution in [1.82, 2.24) is 4.90 Å². The Balaban J connectivity index is 4.29. The SMILES string of the molecule is CCCCCCCCN(CCCCCCCC)/C(C)=C(\C)C(=O)O. The Morgan fingerprint density at radius 3 is 1.46 bits per heavy atom. The van der Waals surface area contributed by atoms with Crippen molar-refractivity contribution in [2.24, 2.45) is 0 Å². The highest BCUT2D eigenvalue weighted by Crippen LogP contribution is 2.15.